The SMILES string of the molecule is C1CCOCC1.Clc1ccc2nc(Cl)ccc2n1.Clc1ccc2nc(N3CCOCC3)ccc2n1.PPP(P(P)P)P(P(P)P)P(P(P(P(P)P)P(P)P)P(P(P)P)P(P)P)P(P(P(P(P)P)P(P)P)P(P(P)P)P(P)P)P(P(P(P(P)P)P(P)P)P(P(P)P)P(P)P)P(P(P(P)P)P(P)P)P(P(P)P)P(P)P. The first kappa shape index (κ1) is 131. The smallest absolute Gasteiger partial charge is 0.129 e. The third kappa shape index (κ3) is 46.3. The second-order valence-corrected chi connectivity index (χ2v) is 321. The highest BCUT2D eigenvalue weighted by Gasteiger charge is 2.64. The van der Waals surface area contributed by atoms with Crippen LogP contribution < -0.4 is 4.90 Å². The molecule has 0 N–H and O–H groups in total. The Hall–Kier alpha value is 29.1. The molecule has 2 fully saturated rings. The van der Waals surface area contributed by atoms with Crippen LogP contribution in [0.15, 0.2) is 48.5 Å². The van der Waals surface area contributed by atoms with E-state index in [4.69, 9.17) is 44.3 Å². The Morgan fingerprint density at radius 3 is 0.648 bits per heavy atom. The van der Waals surface area contributed by atoms with Crippen LogP contribution in [0.3, 0.4) is 0 Å². The van der Waals surface area contributed by atoms with E-state index in [0.29, 0.717) is 15.5 Å². The van der Waals surface area contributed by atoms with E-state index in [9.17, 15) is 0 Å². The van der Waals surface area contributed by atoms with E-state index in [1.165, 1.54) is 19.3 Å². The molecule has 0 amide bonds. The van der Waals surface area contributed by atoms with Gasteiger partial charge in [0, 0.05) is 26.3 Å². The van der Waals surface area contributed by atoms with Gasteiger partial charge in [-0.3, -0.25) is 0 Å². The van der Waals surface area contributed by atoms with Gasteiger partial charge in [-0.25, -0.2) is 19.9 Å². The maximum absolute atomic E-state index is 5.84. The fourth-order valence-electron chi connectivity index (χ4n) is 8.00. The van der Waals surface area contributed by atoms with Crippen molar-refractivity contribution in [3.8, 4) is 0 Å². The quantitative estimate of drug-likeness (QED) is 0.0332. The monoisotopic (exact) mass is 2870 g/mol. The van der Waals surface area contributed by atoms with Crippen molar-refractivity contribution in [2.24, 2.45) is 0 Å². The predicted octanol–water partition coefficient (Wildman–Crippen LogP) is 49.0. The third-order valence-corrected chi connectivity index (χ3v) is 526. The minimum atomic E-state index is -0.387. The number of halogens is 3. The number of aromatic nitrogens is 4. The summed E-state index contributed by atoms with van der Waals surface area (Å²) in [7, 11) is 136. The number of anilines is 1. The molecule has 0 saturated carbocycles. The number of ether oxygens (including phenoxy) is 2. The highest BCUT2D eigenvalue weighted by atomic mass is 35.5. The van der Waals surface area contributed by atoms with Crippen LogP contribution in [-0.4, -0.2) is 59.5 Å². The topological polar surface area (TPSA) is 73.3 Å². The summed E-state index contributed by atoms with van der Waals surface area (Å²) in [6.07, 6.45) is 3.93. The Balaban J connectivity index is 0.000000677. The number of pyridine rings is 4. The number of hydrogen-bond donors (Lipinski definition) is 0. The van der Waals surface area contributed by atoms with Crippen molar-refractivity contribution in [2.75, 3.05) is 44.4 Å². The third-order valence-electron chi connectivity index (χ3n) is 11.8. The summed E-state index contributed by atoms with van der Waals surface area (Å²) in [5, 5.41) is 1.43. The minimum Gasteiger partial charge on any atom is -0.381 e. The van der Waals surface area contributed by atoms with Crippen molar-refractivity contribution in [1.29, 1.82) is 0 Å². The van der Waals surface area contributed by atoms with Crippen LogP contribution in [0.2, 0.25) is 15.5 Å². The van der Waals surface area contributed by atoms with Gasteiger partial charge in [0.2, 0.25) is 0 Å². The normalized spacial score (nSPS) is 16.1. The molecule has 0 spiro atoms. The van der Waals surface area contributed by atoms with Gasteiger partial charge in [-0.15, -0.1) is 330 Å². The Bertz CT molecular complexity index is 2900. The van der Waals surface area contributed by atoms with E-state index >= 15 is 0 Å². The first-order valence-corrected chi connectivity index (χ1v) is 162. The number of rotatable bonds is 36. The molecule has 4 aromatic rings. The Morgan fingerprint density at radius 1 is 0.250 bits per heavy atom. The maximum atomic E-state index is 5.84. The zero-order chi connectivity index (χ0) is 82.4. The van der Waals surface area contributed by atoms with Crippen molar-refractivity contribution in [1.82, 2.24) is 19.9 Å². The lowest BCUT2D eigenvalue weighted by Gasteiger charge is -2.62. The van der Waals surface area contributed by atoms with Gasteiger partial charge in [-0.2, -0.15) is 0 Å². The fraction of sp³-hybridized carbons (Fsp3) is 0.360. The molecule has 6 rings (SSSR count). The van der Waals surface area contributed by atoms with Crippen molar-refractivity contribution in [3.05, 3.63) is 64.0 Å². The van der Waals surface area contributed by atoms with Crippen molar-refractivity contribution in [2.45, 2.75) is 19.3 Å². The summed E-state index contributed by atoms with van der Waals surface area (Å²) in [4.78, 5) is 19.2. The number of morpholine rings is 1. The van der Waals surface area contributed by atoms with E-state index in [-0.39, 0.29) is 245 Å². The van der Waals surface area contributed by atoms with Gasteiger partial charge in [0.25, 0.3) is 0 Å². The number of fused-ring (bicyclic) bond motifs is 2. The maximum Gasteiger partial charge on any atom is 0.129 e. The predicted molar refractivity (Wildman–Crippen MR) is 752 cm³/mol. The van der Waals surface area contributed by atoms with Gasteiger partial charge in [0.15, 0.2) is 0 Å². The van der Waals surface area contributed by atoms with Crippen molar-refractivity contribution >= 4 is 646 Å². The molecule has 0 aromatic carbocycles. The zero-order valence-electron chi connectivity index (χ0n) is 56.7. The number of hydrogen-bond acceptors (Lipinski definition) is 7. The van der Waals surface area contributed by atoms with Crippen LogP contribution in [0.25, 0.3) is 22.1 Å². The molecule has 0 radical (unpaired) electrons. The molecule has 4 aromatic heterocycles. The molecule has 0 aliphatic carbocycles. The lowest BCUT2D eigenvalue weighted by molar-refractivity contribution is 0.0968. The average molecular weight is 2870 g/mol. The highest BCUT2D eigenvalue weighted by molar-refractivity contribution is 9.57. The van der Waals surface area contributed by atoms with Crippen LogP contribution in [-0.2, 0) is 9.47 Å². The van der Waals surface area contributed by atoms with Crippen LogP contribution in [0.1, 0.15) is 19.3 Å². The van der Waals surface area contributed by atoms with Crippen LogP contribution >= 0.6 is 618 Å². The van der Waals surface area contributed by atoms with Gasteiger partial charge in [-0.1, -0.05) is 42.8 Å². The van der Waals surface area contributed by atoms with Crippen LogP contribution in [0, 0.1) is 0 Å². The molecule has 624 valence electrons. The Morgan fingerprint density at radius 2 is 0.454 bits per heavy atom. The van der Waals surface area contributed by atoms with E-state index < -0.39 is 0 Å². The molecular weight excluding hydrogens is 2770 g/mol. The lowest BCUT2D eigenvalue weighted by Crippen LogP contribution is -2.36. The zero-order valence-corrected chi connectivity index (χ0v) is 134. The average Bonchev–Trinajstić information content (AvgIpc) is 0.718. The van der Waals surface area contributed by atoms with Crippen LogP contribution in [0.5, 0.6) is 0 Å². The molecule has 0 bridgehead atoms. The molecule has 108 heavy (non-hydrogen) atoms. The lowest BCUT2D eigenvalue weighted by atomic mass is 10.2. The molecule has 83 heteroatoms. The standard InChI is InChI=1S/C12H12ClN3O.C8H4Cl2N2.C5H10O.H75P73/c13-11-3-1-10-9(14-11)2-4-12(15-10)16-5-7-17-8-6-16;9-7-3-1-5-6(12-7)2-4-8(10)11-5;1-2-4-6-5-3-1;1-38-57(39(2)3)66(56(36)37)71(67(58(40(4)5)41(6)7)59(42(8)9)43(10)11)73(70(64(52(28)29)53(30)31)65(54(32)33)55(34)35)72(68(60(44(12)13)45(14)15)61(46(16)17)47(18)19)69(62(48(20)21)49(22)23)63(50(24)25)51(26)27/h1-4H,5-8H2;1-4H;1-5H2;38H,1-37H2. The second-order valence-electron chi connectivity index (χ2n) is 19.5. The molecule has 7 nitrogen and oxygen atoms in total. The highest BCUT2D eigenvalue weighted by Crippen LogP contribution is 3.51. The molecule has 2 aliphatic heterocycles. The van der Waals surface area contributed by atoms with Gasteiger partial charge >= 0.3 is 0 Å². The summed E-state index contributed by atoms with van der Waals surface area (Å²) < 4.78 is 10.4. The molecular formula is C25H101Cl3N5O2P73. The van der Waals surface area contributed by atoms with Crippen LogP contribution in [0.4, 0.5) is 5.82 Å². The van der Waals surface area contributed by atoms with E-state index in [1.807, 2.05) is 18.2 Å². The molecule has 6 heterocycles. The molecule has 42 atom stereocenters. The van der Waals surface area contributed by atoms with Crippen molar-refractivity contribution in [3.63, 3.8) is 0 Å². The Labute approximate surface area is 791 Å². The number of nitrogens with zero attached hydrogens (tertiary/aromatic N) is 5. The Kier molecular flexibility index (Phi) is 88.1. The second kappa shape index (κ2) is 72.5. The van der Waals surface area contributed by atoms with Gasteiger partial charge in [0.1, 0.15) is 21.3 Å². The summed E-state index contributed by atoms with van der Waals surface area (Å²) in [5.41, 5.74) is 3.21. The van der Waals surface area contributed by atoms with Gasteiger partial charge in [-0.05, 0) is 312 Å². The first-order chi connectivity index (χ1) is 50.3. The summed E-state index contributed by atoms with van der Waals surface area (Å²) in [6, 6.07) is 14.6. The summed E-state index contributed by atoms with van der Waals surface area (Å²) >= 11 is 17.2. The summed E-state index contributed by atoms with van der Waals surface area (Å²) in [5.74, 6) is 0.977. The largest absolute Gasteiger partial charge is 0.381 e. The van der Waals surface area contributed by atoms with Gasteiger partial charge in [0.05, 0.1) is 35.3 Å². The first-order valence-electron chi connectivity index (χ1n) is 28.1. The molecule has 42 unspecified atom stereocenters. The summed E-state index contributed by atoms with van der Waals surface area (Å²) in [6.45, 7) is -5.15. The molecule has 2 aliphatic rings. The van der Waals surface area contributed by atoms with E-state index in [0.717, 1.165) is 75.4 Å². The minimum absolute atomic E-state index is 0.194. The van der Waals surface area contributed by atoms with E-state index in [1.54, 1.807) is 30.3 Å². The van der Waals surface area contributed by atoms with E-state index in [2.05, 4.69) is 355 Å². The fourth-order valence-corrected chi connectivity index (χ4v) is 1080. The van der Waals surface area contributed by atoms with Crippen molar-refractivity contribution < 1.29 is 9.47 Å². The van der Waals surface area contributed by atoms with Gasteiger partial charge < -0.3 is 14.4 Å². The molecule has 2 saturated heterocycles.